The number of hydrogen-bond acceptors (Lipinski definition) is 6. The first kappa shape index (κ1) is 25.4. The van der Waals surface area contributed by atoms with Crippen molar-refractivity contribution in [3.8, 4) is 5.69 Å². The van der Waals surface area contributed by atoms with Crippen LogP contribution in [0.5, 0.6) is 0 Å². The number of para-hydroxylation sites is 1. The summed E-state index contributed by atoms with van der Waals surface area (Å²) in [4.78, 5) is 35.2. The lowest BCUT2D eigenvalue weighted by Gasteiger charge is -2.23. The van der Waals surface area contributed by atoms with Crippen LogP contribution in [0.2, 0.25) is 0 Å². The van der Waals surface area contributed by atoms with Crippen molar-refractivity contribution in [3.63, 3.8) is 0 Å². The molecule has 1 atom stereocenters. The Kier molecular flexibility index (Phi) is 7.36. The molecular formula is C29H25IN6O2. The van der Waals surface area contributed by atoms with Crippen LogP contribution >= 0.6 is 22.6 Å². The molecule has 0 saturated heterocycles. The van der Waals surface area contributed by atoms with Crippen LogP contribution in [0.4, 0.5) is 17.5 Å². The molecule has 38 heavy (non-hydrogen) atoms. The summed E-state index contributed by atoms with van der Waals surface area (Å²) >= 11 is 2.28. The van der Waals surface area contributed by atoms with Crippen LogP contribution in [0, 0.1) is 0 Å². The molecule has 5 aromatic rings. The predicted octanol–water partition coefficient (Wildman–Crippen LogP) is 5.72. The standard InChI is InChI=1S/C29H25IN6O2/c1-18(33-26-23(17-32-29(31)35-26)34-27(37)19-9-4-2-5-10-19)24-15-20-11-8-12-21(16-30)25(20)28(38)36(24)22-13-6-3-7-14-22/h2-15,17-18H,16H2,1H3,(H,34,37)(H3,31,32,33,35)/t18-/m0/s1. The van der Waals surface area contributed by atoms with E-state index < -0.39 is 6.04 Å². The number of anilines is 3. The molecule has 9 heteroatoms. The zero-order chi connectivity index (χ0) is 26.6. The summed E-state index contributed by atoms with van der Waals surface area (Å²) in [6.07, 6.45) is 1.47. The molecule has 0 bridgehead atoms. The highest BCUT2D eigenvalue weighted by molar-refractivity contribution is 14.1. The van der Waals surface area contributed by atoms with Crippen LogP contribution in [-0.4, -0.2) is 20.4 Å². The normalized spacial score (nSPS) is 11.7. The minimum absolute atomic E-state index is 0.0584. The maximum absolute atomic E-state index is 13.9. The van der Waals surface area contributed by atoms with E-state index in [1.165, 1.54) is 6.20 Å². The van der Waals surface area contributed by atoms with Gasteiger partial charge in [0, 0.05) is 21.4 Å². The van der Waals surface area contributed by atoms with Crippen molar-refractivity contribution in [2.45, 2.75) is 17.4 Å². The Bertz CT molecular complexity index is 1670. The molecule has 0 aliphatic carbocycles. The van der Waals surface area contributed by atoms with Gasteiger partial charge in [-0.25, -0.2) is 4.98 Å². The van der Waals surface area contributed by atoms with E-state index in [0.717, 1.165) is 26.8 Å². The van der Waals surface area contributed by atoms with Gasteiger partial charge >= 0.3 is 0 Å². The Hall–Kier alpha value is -4.25. The average Bonchev–Trinajstić information content (AvgIpc) is 2.94. The van der Waals surface area contributed by atoms with Gasteiger partial charge in [-0.05, 0) is 48.2 Å². The number of nitrogen functional groups attached to an aromatic ring is 1. The van der Waals surface area contributed by atoms with Crippen molar-refractivity contribution in [3.05, 3.63) is 118 Å². The van der Waals surface area contributed by atoms with Crippen LogP contribution in [0.15, 0.2) is 95.9 Å². The molecule has 1 amide bonds. The number of alkyl halides is 1. The Morgan fingerprint density at radius 1 is 1.03 bits per heavy atom. The van der Waals surface area contributed by atoms with Crippen molar-refractivity contribution in [1.29, 1.82) is 0 Å². The number of pyridine rings is 1. The molecule has 4 N–H and O–H groups in total. The smallest absolute Gasteiger partial charge is 0.263 e. The van der Waals surface area contributed by atoms with Gasteiger partial charge in [-0.3, -0.25) is 14.2 Å². The maximum Gasteiger partial charge on any atom is 0.263 e. The van der Waals surface area contributed by atoms with Crippen LogP contribution in [0.25, 0.3) is 16.5 Å². The second kappa shape index (κ2) is 11.0. The van der Waals surface area contributed by atoms with E-state index in [-0.39, 0.29) is 17.4 Å². The van der Waals surface area contributed by atoms with Crippen LogP contribution in [0.1, 0.15) is 34.6 Å². The third-order valence-corrected chi connectivity index (χ3v) is 7.03. The van der Waals surface area contributed by atoms with E-state index in [2.05, 4.69) is 43.2 Å². The number of carbonyl (C=O) groups is 1. The molecule has 0 radical (unpaired) electrons. The van der Waals surface area contributed by atoms with Gasteiger partial charge in [0.2, 0.25) is 5.95 Å². The number of fused-ring (bicyclic) bond motifs is 1. The molecule has 5 rings (SSSR count). The van der Waals surface area contributed by atoms with E-state index >= 15 is 0 Å². The number of rotatable bonds is 7. The Morgan fingerprint density at radius 3 is 2.45 bits per heavy atom. The first-order valence-electron chi connectivity index (χ1n) is 12.0. The van der Waals surface area contributed by atoms with Crippen molar-refractivity contribution < 1.29 is 4.79 Å². The molecule has 0 aliphatic rings. The number of halogens is 1. The predicted molar refractivity (Wildman–Crippen MR) is 160 cm³/mol. The van der Waals surface area contributed by atoms with Gasteiger partial charge in [0.15, 0.2) is 5.82 Å². The van der Waals surface area contributed by atoms with E-state index in [1.807, 2.05) is 67.6 Å². The molecule has 0 aliphatic heterocycles. The second-order valence-electron chi connectivity index (χ2n) is 8.74. The summed E-state index contributed by atoms with van der Waals surface area (Å²) in [6.45, 7) is 1.93. The Morgan fingerprint density at radius 2 is 1.74 bits per heavy atom. The van der Waals surface area contributed by atoms with E-state index in [0.29, 0.717) is 22.5 Å². The Labute approximate surface area is 233 Å². The van der Waals surface area contributed by atoms with E-state index in [4.69, 9.17) is 5.73 Å². The van der Waals surface area contributed by atoms with Gasteiger partial charge in [0.25, 0.3) is 11.5 Å². The second-order valence-corrected chi connectivity index (χ2v) is 9.50. The topological polar surface area (TPSA) is 115 Å². The zero-order valence-electron chi connectivity index (χ0n) is 20.6. The molecule has 0 spiro atoms. The number of hydrogen-bond donors (Lipinski definition) is 3. The van der Waals surface area contributed by atoms with Gasteiger partial charge < -0.3 is 16.4 Å². The molecule has 2 aromatic heterocycles. The molecule has 8 nitrogen and oxygen atoms in total. The highest BCUT2D eigenvalue weighted by Crippen LogP contribution is 2.28. The average molecular weight is 616 g/mol. The number of benzene rings is 3. The van der Waals surface area contributed by atoms with Crippen LogP contribution in [-0.2, 0) is 4.43 Å². The largest absolute Gasteiger partial charge is 0.368 e. The van der Waals surface area contributed by atoms with E-state index in [1.54, 1.807) is 28.8 Å². The molecule has 0 unspecified atom stereocenters. The molecule has 0 fully saturated rings. The summed E-state index contributed by atoms with van der Waals surface area (Å²) in [5.74, 6) is 0.110. The quantitative estimate of drug-likeness (QED) is 0.159. The van der Waals surface area contributed by atoms with Crippen molar-refractivity contribution in [2.75, 3.05) is 16.4 Å². The lowest BCUT2D eigenvalue weighted by molar-refractivity contribution is 0.102. The maximum atomic E-state index is 13.9. The number of nitrogens with zero attached hydrogens (tertiary/aromatic N) is 3. The first-order valence-corrected chi connectivity index (χ1v) is 13.5. The fourth-order valence-corrected chi connectivity index (χ4v) is 5.02. The van der Waals surface area contributed by atoms with Crippen molar-refractivity contribution in [1.82, 2.24) is 14.5 Å². The summed E-state index contributed by atoms with van der Waals surface area (Å²) in [6, 6.07) is 25.9. The van der Waals surface area contributed by atoms with Gasteiger partial charge in [-0.15, -0.1) is 0 Å². The molecular weight excluding hydrogens is 591 g/mol. The number of carbonyl (C=O) groups excluding carboxylic acids is 1. The third-order valence-electron chi connectivity index (χ3n) is 6.21. The number of nitrogens with one attached hydrogen (secondary N) is 2. The first-order chi connectivity index (χ1) is 18.5. The van der Waals surface area contributed by atoms with Gasteiger partial charge in [0.1, 0.15) is 5.69 Å². The van der Waals surface area contributed by atoms with Gasteiger partial charge in [-0.2, -0.15) is 4.98 Å². The van der Waals surface area contributed by atoms with Gasteiger partial charge in [-0.1, -0.05) is 77.2 Å². The summed E-state index contributed by atoms with van der Waals surface area (Å²) in [7, 11) is 0. The Balaban J connectivity index is 1.59. The summed E-state index contributed by atoms with van der Waals surface area (Å²) < 4.78 is 2.44. The minimum Gasteiger partial charge on any atom is -0.368 e. The van der Waals surface area contributed by atoms with Crippen molar-refractivity contribution >= 4 is 56.7 Å². The molecule has 0 saturated carbocycles. The fourth-order valence-electron chi connectivity index (χ4n) is 4.39. The minimum atomic E-state index is -0.391. The number of nitrogens with two attached hydrogens (primary N) is 1. The fraction of sp³-hybridized carbons (Fsp3) is 0.103. The highest BCUT2D eigenvalue weighted by atomic mass is 127. The number of amides is 1. The number of aromatic nitrogens is 3. The monoisotopic (exact) mass is 616 g/mol. The lowest BCUT2D eigenvalue weighted by atomic mass is 10.0. The van der Waals surface area contributed by atoms with Crippen LogP contribution < -0.4 is 21.9 Å². The highest BCUT2D eigenvalue weighted by Gasteiger charge is 2.20. The summed E-state index contributed by atoms with van der Waals surface area (Å²) in [5.41, 5.74) is 9.16. The van der Waals surface area contributed by atoms with Gasteiger partial charge in [0.05, 0.1) is 17.6 Å². The third kappa shape index (κ3) is 5.10. The SMILES string of the molecule is C[C@H](Nc1nc(N)ncc1NC(=O)c1ccccc1)c1cc2cccc(CI)c2c(=O)n1-c1ccccc1. The summed E-state index contributed by atoms with van der Waals surface area (Å²) in [5, 5.41) is 7.77. The molecule has 190 valence electrons. The van der Waals surface area contributed by atoms with E-state index in [9.17, 15) is 9.59 Å². The van der Waals surface area contributed by atoms with Crippen molar-refractivity contribution in [2.24, 2.45) is 0 Å². The van der Waals surface area contributed by atoms with Crippen LogP contribution in [0.3, 0.4) is 0 Å². The lowest BCUT2D eigenvalue weighted by Crippen LogP contribution is -2.26. The zero-order valence-corrected chi connectivity index (χ0v) is 22.7. The molecule has 3 aromatic carbocycles. The molecule has 2 heterocycles.